The summed E-state index contributed by atoms with van der Waals surface area (Å²) in [5, 5.41) is 13.0. The second kappa shape index (κ2) is 6.32. The first-order chi connectivity index (χ1) is 8.74. The summed E-state index contributed by atoms with van der Waals surface area (Å²) in [5.41, 5.74) is 1.12. The first kappa shape index (κ1) is 12.8. The molecule has 1 aliphatic rings. The number of alkyl carbamates (subject to hydrolysis) is 1. The minimum absolute atomic E-state index is 0.212. The van der Waals surface area contributed by atoms with E-state index in [2.05, 4.69) is 10.3 Å². The number of amides is 1. The Morgan fingerprint density at radius 1 is 1.56 bits per heavy atom. The molecule has 0 aliphatic carbocycles. The molecule has 2 heterocycles. The van der Waals surface area contributed by atoms with Gasteiger partial charge in [0, 0.05) is 31.9 Å². The molecule has 0 radical (unpaired) electrons. The molecule has 1 aliphatic heterocycles. The maximum atomic E-state index is 11.5. The number of carbonyl (C=O) groups is 1. The summed E-state index contributed by atoms with van der Waals surface area (Å²) in [6.07, 6.45) is 4.23. The maximum Gasteiger partial charge on any atom is 0.407 e. The van der Waals surface area contributed by atoms with Crippen LogP contribution in [0.4, 0.5) is 4.79 Å². The minimum Gasteiger partial charge on any atom is -0.445 e. The first-order valence-electron chi connectivity index (χ1n) is 6.01. The van der Waals surface area contributed by atoms with Crippen molar-refractivity contribution in [2.45, 2.75) is 18.9 Å². The van der Waals surface area contributed by atoms with Crippen LogP contribution in [0.2, 0.25) is 0 Å². The molecule has 2 N–H and O–H groups in total. The number of hydrogen-bond acceptors (Lipinski definition) is 5. The smallest absolute Gasteiger partial charge is 0.407 e. The normalized spacial score (nSPS) is 19.7. The van der Waals surface area contributed by atoms with Crippen LogP contribution in [0.15, 0.2) is 24.5 Å². The van der Waals surface area contributed by atoms with Crippen LogP contribution >= 0.6 is 0 Å². The number of carbonyl (C=O) groups excluding carboxylic acids is 1. The van der Waals surface area contributed by atoms with E-state index in [9.17, 15) is 4.79 Å². The summed E-state index contributed by atoms with van der Waals surface area (Å²) in [7, 11) is 0. The molecule has 98 valence electrons. The second-order valence-corrected chi connectivity index (χ2v) is 4.26. The Kier molecular flexibility index (Phi) is 4.49. The Balaban J connectivity index is 1.63. The fourth-order valence-corrected chi connectivity index (χ4v) is 1.86. The zero-order valence-corrected chi connectivity index (χ0v) is 10.1. The van der Waals surface area contributed by atoms with Crippen LogP contribution in [0, 0.1) is 0 Å². The van der Waals surface area contributed by atoms with Gasteiger partial charge in [-0.2, -0.15) is 5.06 Å². The summed E-state index contributed by atoms with van der Waals surface area (Å²) < 4.78 is 5.16. The summed E-state index contributed by atoms with van der Waals surface area (Å²) in [5.74, 6) is 0. The fourth-order valence-electron chi connectivity index (χ4n) is 1.86. The fraction of sp³-hybridized carbons (Fsp3) is 0.500. The molecule has 0 aromatic carbocycles. The Hall–Kier alpha value is -1.66. The van der Waals surface area contributed by atoms with E-state index < -0.39 is 6.09 Å². The lowest BCUT2D eigenvalue weighted by atomic mass is 10.2. The van der Waals surface area contributed by atoms with Gasteiger partial charge < -0.3 is 15.3 Å². The van der Waals surface area contributed by atoms with Crippen molar-refractivity contribution in [1.29, 1.82) is 0 Å². The standard InChI is InChI=1S/C12H17N3O3/c16-12(18-11-4-8-15(17)9-11)14-7-3-10-1-5-13-6-2-10/h1-2,5-6,11,17H,3-4,7-9H2,(H,14,16). The van der Waals surface area contributed by atoms with E-state index in [1.807, 2.05) is 12.1 Å². The van der Waals surface area contributed by atoms with Crippen LogP contribution in [0.25, 0.3) is 0 Å². The molecule has 1 aromatic rings. The number of pyridine rings is 1. The molecule has 1 aromatic heterocycles. The van der Waals surface area contributed by atoms with Crippen molar-refractivity contribution in [3.05, 3.63) is 30.1 Å². The van der Waals surface area contributed by atoms with Crippen LogP contribution < -0.4 is 5.32 Å². The lowest BCUT2D eigenvalue weighted by molar-refractivity contribution is -0.0764. The average molecular weight is 251 g/mol. The molecule has 6 heteroatoms. The summed E-state index contributed by atoms with van der Waals surface area (Å²) in [6.45, 7) is 1.46. The molecule has 0 bridgehead atoms. The van der Waals surface area contributed by atoms with E-state index in [0.29, 0.717) is 26.1 Å². The van der Waals surface area contributed by atoms with E-state index in [-0.39, 0.29) is 6.10 Å². The average Bonchev–Trinajstić information content (AvgIpc) is 2.76. The highest BCUT2D eigenvalue weighted by Crippen LogP contribution is 2.09. The van der Waals surface area contributed by atoms with Crippen LogP contribution in [0.1, 0.15) is 12.0 Å². The van der Waals surface area contributed by atoms with E-state index in [1.54, 1.807) is 12.4 Å². The third-order valence-corrected chi connectivity index (χ3v) is 2.83. The number of hydrogen-bond donors (Lipinski definition) is 2. The maximum absolute atomic E-state index is 11.5. The molecule has 1 unspecified atom stereocenters. The number of rotatable bonds is 4. The minimum atomic E-state index is -0.427. The molecule has 1 atom stereocenters. The Labute approximate surface area is 106 Å². The largest absolute Gasteiger partial charge is 0.445 e. The second-order valence-electron chi connectivity index (χ2n) is 4.26. The van der Waals surface area contributed by atoms with Gasteiger partial charge in [-0.15, -0.1) is 0 Å². The third kappa shape index (κ3) is 3.97. The zero-order chi connectivity index (χ0) is 12.8. The highest BCUT2D eigenvalue weighted by Gasteiger charge is 2.24. The molecule has 2 rings (SSSR count). The first-order valence-corrected chi connectivity index (χ1v) is 6.01. The Morgan fingerprint density at radius 2 is 2.33 bits per heavy atom. The number of hydroxylamine groups is 2. The van der Waals surface area contributed by atoms with Crippen molar-refractivity contribution in [2.24, 2.45) is 0 Å². The SMILES string of the molecule is O=C(NCCc1ccncc1)OC1CCN(O)C1. The highest BCUT2D eigenvalue weighted by molar-refractivity contribution is 5.67. The van der Waals surface area contributed by atoms with Crippen LogP contribution in [-0.2, 0) is 11.2 Å². The van der Waals surface area contributed by atoms with Gasteiger partial charge in [0.2, 0.25) is 0 Å². The Morgan fingerprint density at radius 3 is 3.00 bits per heavy atom. The molecule has 1 amide bonds. The van der Waals surface area contributed by atoms with Gasteiger partial charge in [-0.25, -0.2) is 4.79 Å². The van der Waals surface area contributed by atoms with Crippen molar-refractivity contribution in [3.8, 4) is 0 Å². The van der Waals surface area contributed by atoms with Crippen LogP contribution in [0.5, 0.6) is 0 Å². The van der Waals surface area contributed by atoms with Crippen molar-refractivity contribution >= 4 is 6.09 Å². The monoisotopic (exact) mass is 251 g/mol. The molecular weight excluding hydrogens is 234 g/mol. The lowest BCUT2D eigenvalue weighted by Gasteiger charge is -2.12. The lowest BCUT2D eigenvalue weighted by Crippen LogP contribution is -2.31. The summed E-state index contributed by atoms with van der Waals surface area (Å²) in [6, 6.07) is 3.82. The topological polar surface area (TPSA) is 74.7 Å². The predicted octanol–water partition coefficient (Wildman–Crippen LogP) is 0.814. The summed E-state index contributed by atoms with van der Waals surface area (Å²) in [4.78, 5) is 15.4. The van der Waals surface area contributed by atoms with Crippen molar-refractivity contribution < 1.29 is 14.7 Å². The Bertz CT molecular complexity index is 385. The molecule has 1 saturated heterocycles. The number of nitrogens with one attached hydrogen (secondary N) is 1. The highest BCUT2D eigenvalue weighted by atomic mass is 16.6. The predicted molar refractivity (Wildman–Crippen MR) is 64.2 cm³/mol. The molecule has 0 spiro atoms. The van der Waals surface area contributed by atoms with Gasteiger partial charge in [0.1, 0.15) is 6.10 Å². The van der Waals surface area contributed by atoms with E-state index >= 15 is 0 Å². The van der Waals surface area contributed by atoms with Crippen molar-refractivity contribution in [2.75, 3.05) is 19.6 Å². The van der Waals surface area contributed by atoms with Gasteiger partial charge in [-0.1, -0.05) is 0 Å². The van der Waals surface area contributed by atoms with Crippen LogP contribution in [-0.4, -0.2) is 47.1 Å². The van der Waals surface area contributed by atoms with Gasteiger partial charge in [-0.05, 0) is 24.1 Å². The van der Waals surface area contributed by atoms with Crippen molar-refractivity contribution in [1.82, 2.24) is 15.4 Å². The molecular formula is C12H17N3O3. The molecule has 18 heavy (non-hydrogen) atoms. The number of ether oxygens (including phenoxy) is 1. The van der Waals surface area contributed by atoms with Gasteiger partial charge in [0.15, 0.2) is 0 Å². The third-order valence-electron chi connectivity index (χ3n) is 2.83. The van der Waals surface area contributed by atoms with Crippen molar-refractivity contribution in [3.63, 3.8) is 0 Å². The van der Waals surface area contributed by atoms with Gasteiger partial charge >= 0.3 is 6.09 Å². The van der Waals surface area contributed by atoms with E-state index in [4.69, 9.17) is 9.94 Å². The van der Waals surface area contributed by atoms with E-state index in [0.717, 1.165) is 17.0 Å². The molecule has 1 fully saturated rings. The summed E-state index contributed by atoms with van der Waals surface area (Å²) >= 11 is 0. The van der Waals surface area contributed by atoms with E-state index in [1.165, 1.54) is 0 Å². The van der Waals surface area contributed by atoms with Gasteiger partial charge in [-0.3, -0.25) is 4.98 Å². The number of nitrogens with zero attached hydrogens (tertiary/aromatic N) is 2. The zero-order valence-electron chi connectivity index (χ0n) is 10.1. The van der Waals surface area contributed by atoms with Gasteiger partial charge in [0.25, 0.3) is 0 Å². The van der Waals surface area contributed by atoms with Gasteiger partial charge in [0.05, 0.1) is 6.54 Å². The molecule has 6 nitrogen and oxygen atoms in total. The number of aromatic nitrogens is 1. The van der Waals surface area contributed by atoms with Crippen LogP contribution in [0.3, 0.4) is 0 Å². The molecule has 0 saturated carbocycles. The quantitative estimate of drug-likeness (QED) is 0.828.